The molecule has 30 heavy (non-hydrogen) atoms. The van der Waals surface area contributed by atoms with Gasteiger partial charge in [-0.05, 0) is 36.8 Å². The van der Waals surface area contributed by atoms with Gasteiger partial charge < -0.3 is 0 Å². The summed E-state index contributed by atoms with van der Waals surface area (Å²) in [6.07, 6.45) is 33.2. The van der Waals surface area contributed by atoms with Crippen LogP contribution >= 0.6 is 9.24 Å². The second-order valence-corrected chi connectivity index (χ2v) is 11.5. The van der Waals surface area contributed by atoms with Crippen molar-refractivity contribution in [2.75, 3.05) is 0 Å². The van der Waals surface area contributed by atoms with E-state index in [2.05, 4.69) is 36.9 Å². The van der Waals surface area contributed by atoms with E-state index in [-0.39, 0.29) is 0 Å². The molecule has 0 aromatic rings. The summed E-state index contributed by atoms with van der Waals surface area (Å²) < 4.78 is 0. The summed E-state index contributed by atoms with van der Waals surface area (Å²) >= 11 is 0. The molecule has 0 aliphatic heterocycles. The van der Waals surface area contributed by atoms with Crippen LogP contribution in [0.3, 0.4) is 0 Å². The van der Waals surface area contributed by atoms with E-state index in [4.69, 9.17) is 0 Å². The quantitative estimate of drug-likeness (QED) is 0.103. The highest BCUT2D eigenvalue weighted by atomic mass is 31.0. The van der Waals surface area contributed by atoms with Crippen LogP contribution in [-0.2, 0) is 0 Å². The van der Waals surface area contributed by atoms with Gasteiger partial charge in [-0.2, -0.15) is 0 Å². The van der Waals surface area contributed by atoms with Gasteiger partial charge in [-0.1, -0.05) is 150 Å². The van der Waals surface area contributed by atoms with E-state index in [1.54, 1.807) is 0 Å². The molecule has 2 unspecified atom stereocenters. The standard InChI is InChI=1S/C29H61P/c1-5-9-12-13-14-15-16-17-18-19-20-21-22-23-25-28(24-8-4)29(30,26-10-6-2)27-11-7-3/h28H,5-27,30H2,1-4H3. The molecule has 0 heterocycles. The topological polar surface area (TPSA) is 0 Å². The predicted molar refractivity (Wildman–Crippen MR) is 145 cm³/mol. The van der Waals surface area contributed by atoms with Crippen LogP contribution < -0.4 is 0 Å². The molecule has 0 aromatic carbocycles. The van der Waals surface area contributed by atoms with Gasteiger partial charge in [0.2, 0.25) is 0 Å². The maximum absolute atomic E-state index is 3.38. The van der Waals surface area contributed by atoms with Crippen LogP contribution in [0.5, 0.6) is 0 Å². The Labute approximate surface area is 195 Å². The Hall–Kier alpha value is 0.430. The van der Waals surface area contributed by atoms with Gasteiger partial charge in [-0.3, -0.25) is 0 Å². The maximum Gasteiger partial charge on any atom is -0.0122 e. The van der Waals surface area contributed by atoms with E-state index in [0.29, 0.717) is 5.16 Å². The van der Waals surface area contributed by atoms with E-state index < -0.39 is 0 Å². The Bertz CT molecular complexity index is 316. The largest absolute Gasteiger partial charge is 0.131 e. The highest BCUT2D eigenvalue weighted by Gasteiger charge is 2.32. The van der Waals surface area contributed by atoms with E-state index in [9.17, 15) is 0 Å². The monoisotopic (exact) mass is 440 g/mol. The third-order valence-electron chi connectivity index (χ3n) is 7.35. The van der Waals surface area contributed by atoms with Crippen LogP contribution in [0.25, 0.3) is 0 Å². The van der Waals surface area contributed by atoms with E-state index in [1.165, 1.54) is 148 Å². The zero-order valence-corrected chi connectivity index (χ0v) is 23.1. The molecule has 0 spiro atoms. The molecule has 1 heteroatoms. The third kappa shape index (κ3) is 17.0. The lowest BCUT2D eigenvalue weighted by Gasteiger charge is -2.38. The summed E-state index contributed by atoms with van der Waals surface area (Å²) in [6, 6.07) is 0. The average Bonchev–Trinajstić information content (AvgIpc) is 2.75. The van der Waals surface area contributed by atoms with Crippen LogP contribution in [0.4, 0.5) is 0 Å². The SMILES string of the molecule is CCCCCCCCCCCCCCCCC(CCC)C(P)(CCCC)CCCC. The highest BCUT2D eigenvalue weighted by molar-refractivity contribution is 7.19. The van der Waals surface area contributed by atoms with Gasteiger partial charge in [0.1, 0.15) is 0 Å². The minimum atomic E-state index is 0.526. The van der Waals surface area contributed by atoms with Crippen molar-refractivity contribution in [3.63, 3.8) is 0 Å². The first-order chi connectivity index (χ1) is 14.6. The van der Waals surface area contributed by atoms with E-state index in [0.717, 1.165) is 5.92 Å². The predicted octanol–water partition coefficient (Wildman–Crippen LogP) is 11.3. The zero-order valence-electron chi connectivity index (χ0n) is 21.9. The first-order valence-electron chi connectivity index (χ1n) is 14.4. The summed E-state index contributed by atoms with van der Waals surface area (Å²) in [6.45, 7) is 9.41. The van der Waals surface area contributed by atoms with Crippen molar-refractivity contribution < 1.29 is 0 Å². The summed E-state index contributed by atoms with van der Waals surface area (Å²) in [5.74, 6) is 0.933. The highest BCUT2D eigenvalue weighted by Crippen LogP contribution is 2.43. The van der Waals surface area contributed by atoms with Crippen LogP contribution in [-0.4, -0.2) is 5.16 Å². The first-order valence-corrected chi connectivity index (χ1v) is 15.0. The van der Waals surface area contributed by atoms with Crippen molar-refractivity contribution in [2.24, 2.45) is 5.92 Å². The van der Waals surface area contributed by atoms with Gasteiger partial charge in [0.25, 0.3) is 0 Å². The first kappa shape index (κ1) is 30.4. The van der Waals surface area contributed by atoms with Gasteiger partial charge >= 0.3 is 0 Å². The smallest absolute Gasteiger partial charge is 0.0122 e. The minimum absolute atomic E-state index is 0.526. The van der Waals surface area contributed by atoms with Crippen molar-refractivity contribution in [1.82, 2.24) is 0 Å². The molecule has 0 N–H and O–H groups in total. The lowest BCUT2D eigenvalue weighted by Crippen LogP contribution is -2.31. The van der Waals surface area contributed by atoms with Crippen LogP contribution in [0.2, 0.25) is 0 Å². The Morgan fingerprint density at radius 1 is 0.433 bits per heavy atom. The Kier molecular flexibility index (Phi) is 22.9. The normalized spacial score (nSPS) is 13.1. The fourth-order valence-corrected chi connectivity index (χ4v) is 5.94. The summed E-state index contributed by atoms with van der Waals surface area (Å²) in [4.78, 5) is 0. The second kappa shape index (κ2) is 22.6. The lowest BCUT2D eigenvalue weighted by molar-refractivity contribution is 0.278. The van der Waals surface area contributed by atoms with Crippen LogP contribution in [0.1, 0.15) is 175 Å². The van der Waals surface area contributed by atoms with Crippen molar-refractivity contribution in [2.45, 2.75) is 181 Å². The van der Waals surface area contributed by atoms with Crippen LogP contribution in [0.15, 0.2) is 0 Å². The van der Waals surface area contributed by atoms with Gasteiger partial charge in [0.05, 0.1) is 0 Å². The van der Waals surface area contributed by atoms with Crippen molar-refractivity contribution >= 4 is 9.24 Å². The molecule has 0 aromatic heterocycles. The van der Waals surface area contributed by atoms with E-state index >= 15 is 0 Å². The molecule has 0 nitrogen and oxygen atoms in total. The van der Waals surface area contributed by atoms with Crippen LogP contribution in [0, 0.1) is 5.92 Å². The minimum Gasteiger partial charge on any atom is -0.131 e. The molecule has 0 bridgehead atoms. The summed E-state index contributed by atoms with van der Waals surface area (Å²) in [7, 11) is 3.38. The fraction of sp³-hybridized carbons (Fsp3) is 1.00. The Morgan fingerprint density at radius 3 is 1.17 bits per heavy atom. The molecule has 0 rings (SSSR count). The number of hydrogen-bond donors (Lipinski definition) is 0. The molecular formula is C29H61P. The zero-order chi connectivity index (χ0) is 22.3. The van der Waals surface area contributed by atoms with Crippen molar-refractivity contribution in [3.05, 3.63) is 0 Å². The molecule has 0 fully saturated rings. The molecular weight excluding hydrogens is 379 g/mol. The van der Waals surface area contributed by atoms with Gasteiger partial charge in [0, 0.05) is 0 Å². The molecule has 0 saturated heterocycles. The molecule has 2 atom stereocenters. The van der Waals surface area contributed by atoms with Gasteiger partial charge in [-0.25, -0.2) is 0 Å². The fourth-order valence-electron chi connectivity index (χ4n) is 5.20. The van der Waals surface area contributed by atoms with Gasteiger partial charge in [-0.15, -0.1) is 9.24 Å². The number of hydrogen-bond acceptors (Lipinski definition) is 0. The molecule has 182 valence electrons. The Morgan fingerprint density at radius 2 is 0.800 bits per heavy atom. The summed E-state index contributed by atoms with van der Waals surface area (Å²) in [5.41, 5.74) is 0. The summed E-state index contributed by atoms with van der Waals surface area (Å²) in [5, 5.41) is 0.526. The molecule has 0 amide bonds. The van der Waals surface area contributed by atoms with Crippen molar-refractivity contribution in [3.8, 4) is 0 Å². The maximum atomic E-state index is 3.38. The van der Waals surface area contributed by atoms with E-state index in [1.807, 2.05) is 0 Å². The Balaban J connectivity index is 3.86. The molecule has 0 aliphatic carbocycles. The third-order valence-corrected chi connectivity index (χ3v) is 8.40. The molecule has 0 aliphatic rings. The molecule has 0 saturated carbocycles. The van der Waals surface area contributed by atoms with Gasteiger partial charge in [0.15, 0.2) is 0 Å². The molecule has 0 radical (unpaired) electrons. The van der Waals surface area contributed by atoms with Crippen molar-refractivity contribution in [1.29, 1.82) is 0 Å². The number of rotatable bonds is 24. The second-order valence-electron chi connectivity index (χ2n) is 10.3. The average molecular weight is 441 g/mol. The lowest BCUT2D eigenvalue weighted by atomic mass is 9.77. The number of unbranched alkanes of at least 4 members (excludes halogenated alkanes) is 15.